The van der Waals surface area contributed by atoms with Crippen molar-refractivity contribution < 1.29 is 14.3 Å². The Labute approximate surface area is 223 Å². The van der Waals surface area contributed by atoms with Gasteiger partial charge >= 0.3 is 0 Å². The topological polar surface area (TPSA) is 126 Å². The van der Waals surface area contributed by atoms with E-state index < -0.39 is 24.1 Å². The Kier molecular flexibility index (Phi) is 9.27. The number of carbonyl (C=O) groups excluding carboxylic acids is 1. The summed E-state index contributed by atoms with van der Waals surface area (Å²) in [4.78, 5) is 22.6. The van der Waals surface area contributed by atoms with Gasteiger partial charge in [-0.3, -0.25) is 15.6 Å². The first-order valence-electron chi connectivity index (χ1n) is 12.9. The Morgan fingerprint density at radius 3 is 2.58 bits per heavy atom. The van der Waals surface area contributed by atoms with Crippen LogP contribution in [0.1, 0.15) is 65.1 Å². The van der Waals surface area contributed by atoms with Gasteiger partial charge in [0.2, 0.25) is 5.91 Å². The van der Waals surface area contributed by atoms with Gasteiger partial charge in [0.1, 0.15) is 17.7 Å². The zero-order chi connectivity index (χ0) is 28.1. The zero-order valence-corrected chi connectivity index (χ0v) is 22.9. The van der Waals surface area contributed by atoms with E-state index in [2.05, 4.69) is 17.2 Å². The average Bonchev–Trinajstić information content (AvgIpc) is 3.66. The van der Waals surface area contributed by atoms with Crippen molar-refractivity contribution >= 4 is 40.4 Å². The van der Waals surface area contributed by atoms with Crippen molar-refractivity contribution in [3.05, 3.63) is 58.5 Å². The van der Waals surface area contributed by atoms with Crippen LogP contribution in [0.2, 0.25) is 0 Å². The molecule has 0 aromatic carbocycles. The van der Waals surface area contributed by atoms with Crippen LogP contribution in [0.5, 0.6) is 0 Å². The van der Waals surface area contributed by atoms with Crippen LogP contribution in [0.3, 0.4) is 0 Å². The Morgan fingerprint density at radius 2 is 2.03 bits per heavy atom. The van der Waals surface area contributed by atoms with Gasteiger partial charge < -0.3 is 15.3 Å². The summed E-state index contributed by atoms with van der Waals surface area (Å²) in [5.74, 6) is -0.754. The van der Waals surface area contributed by atoms with Crippen LogP contribution in [-0.4, -0.2) is 57.4 Å². The SMILES string of the molecule is C\C=C(/C(C)=C\C(=C(/C)CC)C(O)CC)c1cc2cnc(NC(=O)C3CC3F)cc2nc1C(=N)N(C)C=N. The number of pyridine rings is 2. The highest BCUT2D eigenvalue weighted by Gasteiger charge is 2.43. The van der Waals surface area contributed by atoms with Gasteiger partial charge in [0.25, 0.3) is 0 Å². The number of aliphatic hydroxyl groups excluding tert-OH is 1. The molecule has 0 radical (unpaired) electrons. The number of nitrogens with one attached hydrogen (secondary N) is 3. The van der Waals surface area contributed by atoms with Crippen LogP contribution in [0.15, 0.2) is 47.2 Å². The fourth-order valence-electron chi connectivity index (χ4n) is 4.24. The number of aliphatic hydroxyl groups is 1. The van der Waals surface area contributed by atoms with Gasteiger partial charge in [-0.25, -0.2) is 14.4 Å². The molecule has 0 bridgehead atoms. The minimum atomic E-state index is -1.11. The first-order chi connectivity index (χ1) is 18.1. The van der Waals surface area contributed by atoms with Crippen LogP contribution in [0, 0.1) is 16.7 Å². The van der Waals surface area contributed by atoms with Crippen molar-refractivity contribution in [1.29, 1.82) is 10.8 Å². The van der Waals surface area contributed by atoms with Gasteiger partial charge in [-0.15, -0.1) is 0 Å². The third-order valence-electron chi connectivity index (χ3n) is 6.91. The zero-order valence-electron chi connectivity index (χ0n) is 22.9. The Balaban J connectivity index is 2.14. The quantitative estimate of drug-likeness (QED) is 0.183. The van der Waals surface area contributed by atoms with E-state index in [-0.39, 0.29) is 18.1 Å². The highest BCUT2D eigenvalue weighted by atomic mass is 19.1. The van der Waals surface area contributed by atoms with E-state index in [1.165, 1.54) is 4.90 Å². The maximum absolute atomic E-state index is 13.3. The number of nitrogens with zero attached hydrogens (tertiary/aromatic N) is 3. The summed E-state index contributed by atoms with van der Waals surface area (Å²) in [6.45, 7) is 9.89. The van der Waals surface area contributed by atoms with Crippen molar-refractivity contribution in [2.75, 3.05) is 12.4 Å². The average molecular weight is 521 g/mol. The first-order valence-corrected chi connectivity index (χ1v) is 12.9. The molecule has 1 fully saturated rings. The molecule has 0 spiro atoms. The van der Waals surface area contributed by atoms with Gasteiger partial charge in [0, 0.05) is 30.3 Å². The largest absolute Gasteiger partial charge is 0.388 e. The van der Waals surface area contributed by atoms with Gasteiger partial charge in [-0.2, -0.15) is 0 Å². The molecule has 8 nitrogen and oxygen atoms in total. The molecule has 1 aliphatic rings. The summed E-state index contributed by atoms with van der Waals surface area (Å²) in [5, 5.41) is 30.4. The Hall–Kier alpha value is -3.72. The Bertz CT molecular complexity index is 1350. The summed E-state index contributed by atoms with van der Waals surface area (Å²) in [5.41, 5.74) is 5.26. The number of halogens is 1. The van der Waals surface area contributed by atoms with E-state index in [1.54, 1.807) is 19.3 Å². The number of rotatable bonds is 10. The molecule has 2 aromatic heterocycles. The lowest BCUT2D eigenvalue weighted by atomic mass is 9.91. The minimum absolute atomic E-state index is 0.0267. The number of hydrogen-bond donors (Lipinski definition) is 4. The second kappa shape index (κ2) is 12.2. The number of hydrogen-bond acceptors (Lipinski definition) is 6. The summed E-state index contributed by atoms with van der Waals surface area (Å²) in [7, 11) is 1.60. The van der Waals surface area contributed by atoms with Gasteiger partial charge in [-0.05, 0) is 62.8 Å². The third kappa shape index (κ3) is 6.22. The molecule has 4 N–H and O–H groups in total. The van der Waals surface area contributed by atoms with E-state index >= 15 is 0 Å². The number of alkyl halides is 1. The number of anilines is 1. The molecule has 3 unspecified atom stereocenters. The fraction of sp³-hybridized carbons (Fsp3) is 0.414. The molecule has 1 saturated carbocycles. The Morgan fingerprint density at radius 1 is 1.34 bits per heavy atom. The molecule has 3 atom stereocenters. The summed E-state index contributed by atoms with van der Waals surface area (Å²) >= 11 is 0. The molecule has 202 valence electrons. The number of amidine groups is 1. The molecule has 0 aliphatic heterocycles. The number of amides is 1. The van der Waals surface area contributed by atoms with Crippen LogP contribution >= 0.6 is 0 Å². The molecule has 1 amide bonds. The summed E-state index contributed by atoms with van der Waals surface area (Å²) in [6, 6.07) is 3.50. The predicted octanol–water partition coefficient (Wildman–Crippen LogP) is 5.64. The first kappa shape index (κ1) is 28.8. The number of carbonyl (C=O) groups is 1. The maximum Gasteiger partial charge on any atom is 0.231 e. The molecular formula is C29H37FN6O2. The van der Waals surface area contributed by atoms with Gasteiger partial charge in [-0.1, -0.05) is 31.6 Å². The lowest BCUT2D eigenvalue weighted by Gasteiger charge is -2.20. The number of allylic oxidation sites excluding steroid dienone is 4. The second-order valence-electron chi connectivity index (χ2n) is 9.63. The molecule has 9 heteroatoms. The monoisotopic (exact) mass is 520 g/mol. The highest BCUT2D eigenvalue weighted by molar-refractivity contribution is 6.07. The lowest BCUT2D eigenvalue weighted by molar-refractivity contribution is -0.117. The lowest BCUT2D eigenvalue weighted by Crippen LogP contribution is -2.27. The normalized spacial score (nSPS) is 19.1. The van der Waals surface area contributed by atoms with Crippen molar-refractivity contribution in [1.82, 2.24) is 14.9 Å². The van der Waals surface area contributed by atoms with Crippen molar-refractivity contribution in [3.8, 4) is 0 Å². The van der Waals surface area contributed by atoms with Crippen LogP contribution in [0.4, 0.5) is 10.2 Å². The molecular weight excluding hydrogens is 483 g/mol. The standard InChI is InChI=1S/C29H37FN6O2/c1-7-16(4)20(25(37)9-3)10-17(5)19(8-2)21-11-18-14-33-26(35-29(38)22-12-23(22)30)13-24(18)34-27(21)28(32)36(6)15-31/h8,10-11,13-15,22-23,25,31-32,37H,7,9,12H2,1-6H3,(H,33,35,38)/b17-10-,19-8+,20-16-,31-15?,32-28?. The second-order valence-corrected chi connectivity index (χ2v) is 9.63. The summed E-state index contributed by atoms with van der Waals surface area (Å²) in [6.07, 6.45) is 6.51. The maximum atomic E-state index is 13.3. The molecule has 38 heavy (non-hydrogen) atoms. The van der Waals surface area contributed by atoms with E-state index in [0.717, 1.165) is 35.1 Å². The summed E-state index contributed by atoms with van der Waals surface area (Å²) < 4.78 is 13.3. The van der Waals surface area contributed by atoms with Crippen LogP contribution in [-0.2, 0) is 4.79 Å². The van der Waals surface area contributed by atoms with E-state index in [4.69, 9.17) is 15.8 Å². The molecule has 2 aromatic rings. The van der Waals surface area contributed by atoms with Crippen molar-refractivity contribution in [2.24, 2.45) is 5.92 Å². The third-order valence-corrected chi connectivity index (χ3v) is 6.91. The van der Waals surface area contributed by atoms with Crippen molar-refractivity contribution in [3.63, 3.8) is 0 Å². The van der Waals surface area contributed by atoms with Gasteiger partial charge in [0.05, 0.1) is 23.9 Å². The smallest absolute Gasteiger partial charge is 0.231 e. The van der Waals surface area contributed by atoms with E-state index in [1.807, 2.05) is 45.9 Å². The number of aromatic nitrogens is 2. The fourth-order valence-corrected chi connectivity index (χ4v) is 4.24. The molecule has 2 heterocycles. The van der Waals surface area contributed by atoms with Crippen LogP contribution in [0.25, 0.3) is 16.5 Å². The van der Waals surface area contributed by atoms with E-state index in [9.17, 15) is 14.3 Å². The molecule has 1 aliphatic carbocycles. The predicted molar refractivity (Wildman–Crippen MR) is 151 cm³/mol. The van der Waals surface area contributed by atoms with Gasteiger partial charge in [0.15, 0.2) is 5.84 Å². The minimum Gasteiger partial charge on any atom is -0.388 e. The van der Waals surface area contributed by atoms with Crippen molar-refractivity contribution in [2.45, 2.75) is 66.2 Å². The highest BCUT2D eigenvalue weighted by Crippen LogP contribution is 2.35. The van der Waals surface area contributed by atoms with Crippen LogP contribution < -0.4 is 5.32 Å². The molecule has 0 saturated heterocycles. The van der Waals surface area contributed by atoms with E-state index in [0.29, 0.717) is 28.6 Å². The molecule has 3 rings (SSSR count). The number of fused-ring (bicyclic) bond motifs is 1.